The highest BCUT2D eigenvalue weighted by Crippen LogP contribution is 2.22. The number of amides is 1. The molecule has 1 amide bonds. The van der Waals surface area contributed by atoms with Crippen LogP contribution in [0, 0.1) is 11.3 Å². The molecule has 0 fully saturated rings. The average molecular weight is 354 g/mol. The molecule has 0 aliphatic carbocycles. The molecule has 1 atom stereocenters. The zero-order chi connectivity index (χ0) is 19.2. The summed E-state index contributed by atoms with van der Waals surface area (Å²) in [7, 11) is 0. The van der Waals surface area contributed by atoms with Gasteiger partial charge in [0.2, 0.25) is 5.91 Å². The minimum atomic E-state index is -0.0626. The molecule has 0 N–H and O–H groups in total. The van der Waals surface area contributed by atoms with Gasteiger partial charge in [0, 0.05) is 12.6 Å². The zero-order valence-corrected chi connectivity index (χ0v) is 15.6. The normalized spacial score (nSPS) is 12.0. The van der Waals surface area contributed by atoms with E-state index in [1.54, 1.807) is 18.2 Å². The number of benzene rings is 3. The van der Waals surface area contributed by atoms with Crippen LogP contribution in [0.1, 0.15) is 36.6 Å². The van der Waals surface area contributed by atoms with Gasteiger partial charge < -0.3 is 4.90 Å². The standard InChI is InChI=1S/C24H22N2O/c1-3-26(18(2)20-13-11-19(17-25)12-14-20)24(27)16-15-22-9-6-8-21-7-4-5-10-23(21)22/h4-16,18H,3H2,1-2H3. The molecule has 3 heteroatoms. The van der Waals surface area contributed by atoms with Gasteiger partial charge in [-0.25, -0.2) is 0 Å². The minimum absolute atomic E-state index is 0.0257. The van der Waals surface area contributed by atoms with E-state index >= 15 is 0 Å². The van der Waals surface area contributed by atoms with Crippen LogP contribution in [0.5, 0.6) is 0 Å². The maximum absolute atomic E-state index is 12.8. The van der Waals surface area contributed by atoms with Gasteiger partial charge in [-0.3, -0.25) is 4.79 Å². The van der Waals surface area contributed by atoms with Crippen molar-refractivity contribution in [3.63, 3.8) is 0 Å². The van der Waals surface area contributed by atoms with Gasteiger partial charge in [-0.1, -0.05) is 54.6 Å². The molecule has 1 unspecified atom stereocenters. The summed E-state index contributed by atoms with van der Waals surface area (Å²) in [5.74, 6) is -0.0257. The molecule has 3 aromatic carbocycles. The smallest absolute Gasteiger partial charge is 0.247 e. The van der Waals surface area contributed by atoms with Crippen LogP contribution in [0.15, 0.2) is 72.8 Å². The highest BCUT2D eigenvalue weighted by atomic mass is 16.2. The Morgan fingerprint density at radius 2 is 1.78 bits per heavy atom. The van der Waals surface area contributed by atoms with E-state index in [-0.39, 0.29) is 11.9 Å². The van der Waals surface area contributed by atoms with Crippen LogP contribution in [-0.2, 0) is 4.79 Å². The maximum atomic E-state index is 12.8. The molecule has 0 aromatic heterocycles. The number of fused-ring (bicyclic) bond motifs is 1. The van der Waals surface area contributed by atoms with Crippen molar-refractivity contribution in [2.75, 3.05) is 6.54 Å². The van der Waals surface area contributed by atoms with E-state index in [1.165, 1.54) is 0 Å². The van der Waals surface area contributed by atoms with E-state index in [0.29, 0.717) is 12.1 Å². The van der Waals surface area contributed by atoms with E-state index in [0.717, 1.165) is 21.9 Å². The first-order valence-electron chi connectivity index (χ1n) is 9.10. The Labute approximate surface area is 160 Å². The average Bonchev–Trinajstić information content (AvgIpc) is 2.72. The molecule has 3 aromatic rings. The molecule has 134 valence electrons. The van der Waals surface area contributed by atoms with Crippen molar-refractivity contribution in [3.05, 3.63) is 89.5 Å². The Kier molecular flexibility index (Phi) is 5.68. The van der Waals surface area contributed by atoms with Crippen LogP contribution >= 0.6 is 0 Å². The van der Waals surface area contributed by atoms with Crippen molar-refractivity contribution in [1.29, 1.82) is 5.26 Å². The van der Waals surface area contributed by atoms with Crippen LogP contribution in [-0.4, -0.2) is 17.4 Å². The van der Waals surface area contributed by atoms with E-state index in [1.807, 2.05) is 61.2 Å². The summed E-state index contributed by atoms with van der Waals surface area (Å²) in [6.45, 7) is 4.60. The van der Waals surface area contributed by atoms with Crippen molar-refractivity contribution in [3.8, 4) is 6.07 Å². The summed E-state index contributed by atoms with van der Waals surface area (Å²) in [5, 5.41) is 11.2. The van der Waals surface area contributed by atoms with Gasteiger partial charge in [0.25, 0.3) is 0 Å². The number of carbonyl (C=O) groups excluding carboxylic acids is 1. The molecule has 0 bridgehead atoms. The second-order valence-corrected chi connectivity index (χ2v) is 6.44. The van der Waals surface area contributed by atoms with E-state index < -0.39 is 0 Å². The molecule has 0 heterocycles. The number of hydrogen-bond donors (Lipinski definition) is 0. The van der Waals surface area contributed by atoms with E-state index in [2.05, 4.69) is 24.3 Å². The van der Waals surface area contributed by atoms with Crippen LogP contribution in [0.4, 0.5) is 0 Å². The Morgan fingerprint density at radius 3 is 2.48 bits per heavy atom. The van der Waals surface area contributed by atoms with Gasteiger partial charge in [0.15, 0.2) is 0 Å². The first-order valence-corrected chi connectivity index (χ1v) is 9.10. The zero-order valence-electron chi connectivity index (χ0n) is 15.6. The first-order chi connectivity index (χ1) is 13.1. The molecule has 0 radical (unpaired) electrons. The third kappa shape index (κ3) is 4.07. The Bertz CT molecular complexity index is 1010. The summed E-state index contributed by atoms with van der Waals surface area (Å²) < 4.78 is 0. The second kappa shape index (κ2) is 8.33. The van der Waals surface area contributed by atoms with Crippen molar-refractivity contribution in [2.45, 2.75) is 19.9 Å². The molecule has 0 spiro atoms. The van der Waals surface area contributed by atoms with E-state index in [4.69, 9.17) is 5.26 Å². The lowest BCUT2D eigenvalue weighted by atomic mass is 10.0. The van der Waals surface area contributed by atoms with Crippen molar-refractivity contribution >= 4 is 22.8 Å². The number of likely N-dealkylation sites (N-methyl/N-ethyl adjacent to an activating group) is 1. The fourth-order valence-electron chi connectivity index (χ4n) is 3.29. The predicted molar refractivity (Wildman–Crippen MR) is 110 cm³/mol. The summed E-state index contributed by atoms with van der Waals surface area (Å²) in [6.07, 6.45) is 3.53. The summed E-state index contributed by atoms with van der Waals surface area (Å²) >= 11 is 0. The Hall–Kier alpha value is -3.38. The lowest BCUT2D eigenvalue weighted by Gasteiger charge is -2.27. The van der Waals surface area contributed by atoms with Gasteiger partial charge in [0.1, 0.15) is 0 Å². The molecule has 3 rings (SSSR count). The fraction of sp³-hybridized carbons (Fsp3) is 0.167. The fourth-order valence-corrected chi connectivity index (χ4v) is 3.29. The SMILES string of the molecule is CCN(C(=O)C=Cc1cccc2ccccc12)C(C)c1ccc(C#N)cc1. The molecule has 27 heavy (non-hydrogen) atoms. The lowest BCUT2D eigenvalue weighted by molar-refractivity contribution is -0.127. The van der Waals surface area contributed by atoms with Crippen molar-refractivity contribution in [1.82, 2.24) is 4.90 Å². The largest absolute Gasteiger partial charge is 0.333 e. The van der Waals surface area contributed by atoms with Gasteiger partial charge in [0.05, 0.1) is 17.7 Å². The quantitative estimate of drug-likeness (QED) is 0.581. The molecular formula is C24H22N2O. The third-order valence-corrected chi connectivity index (χ3v) is 4.84. The first kappa shape index (κ1) is 18.4. The molecular weight excluding hydrogens is 332 g/mol. The van der Waals surface area contributed by atoms with Crippen LogP contribution in [0.25, 0.3) is 16.8 Å². The summed E-state index contributed by atoms with van der Waals surface area (Å²) in [4.78, 5) is 14.6. The minimum Gasteiger partial charge on any atom is -0.333 e. The predicted octanol–water partition coefficient (Wildman–Crippen LogP) is 5.33. The van der Waals surface area contributed by atoms with Crippen LogP contribution < -0.4 is 0 Å². The van der Waals surface area contributed by atoms with Crippen molar-refractivity contribution < 1.29 is 4.79 Å². The summed E-state index contributed by atoms with van der Waals surface area (Å²) in [6, 6.07) is 23.7. The molecule has 0 saturated heterocycles. The highest BCUT2D eigenvalue weighted by Gasteiger charge is 2.18. The lowest BCUT2D eigenvalue weighted by Crippen LogP contribution is -2.32. The van der Waals surface area contributed by atoms with Gasteiger partial charge in [-0.15, -0.1) is 0 Å². The second-order valence-electron chi connectivity index (χ2n) is 6.44. The van der Waals surface area contributed by atoms with Gasteiger partial charge in [-0.2, -0.15) is 5.26 Å². The Morgan fingerprint density at radius 1 is 1.07 bits per heavy atom. The molecule has 3 nitrogen and oxygen atoms in total. The number of nitrogens with zero attached hydrogens (tertiary/aromatic N) is 2. The Balaban J connectivity index is 1.81. The summed E-state index contributed by atoms with van der Waals surface area (Å²) in [5.41, 5.74) is 2.67. The third-order valence-electron chi connectivity index (χ3n) is 4.84. The molecule has 0 saturated carbocycles. The van der Waals surface area contributed by atoms with E-state index in [9.17, 15) is 4.79 Å². The topological polar surface area (TPSA) is 44.1 Å². The van der Waals surface area contributed by atoms with Gasteiger partial charge >= 0.3 is 0 Å². The molecule has 0 aliphatic heterocycles. The van der Waals surface area contributed by atoms with Crippen LogP contribution in [0.2, 0.25) is 0 Å². The number of rotatable bonds is 5. The monoisotopic (exact) mass is 354 g/mol. The number of nitriles is 1. The number of hydrogen-bond acceptors (Lipinski definition) is 2. The number of carbonyl (C=O) groups is 1. The van der Waals surface area contributed by atoms with Gasteiger partial charge in [-0.05, 0) is 54.0 Å². The van der Waals surface area contributed by atoms with Crippen LogP contribution in [0.3, 0.4) is 0 Å². The maximum Gasteiger partial charge on any atom is 0.247 e. The van der Waals surface area contributed by atoms with Crippen molar-refractivity contribution in [2.24, 2.45) is 0 Å². The molecule has 0 aliphatic rings. The highest BCUT2D eigenvalue weighted by molar-refractivity contribution is 5.96.